The second-order valence-corrected chi connectivity index (χ2v) is 8.93. The van der Waals surface area contributed by atoms with Gasteiger partial charge in [-0.2, -0.15) is 0 Å². The van der Waals surface area contributed by atoms with Crippen LogP contribution in [0.15, 0.2) is 63.5 Å². The Labute approximate surface area is 212 Å². The van der Waals surface area contributed by atoms with Crippen LogP contribution in [-0.4, -0.2) is 38.0 Å². The maximum absolute atomic E-state index is 13.7. The number of allylic oxidation sites excluding steroid dienone is 1. The summed E-state index contributed by atoms with van der Waals surface area (Å²) in [5.74, 6) is 1.38. The van der Waals surface area contributed by atoms with Gasteiger partial charge in [-0.15, -0.1) is 0 Å². The molecule has 2 heterocycles. The summed E-state index contributed by atoms with van der Waals surface area (Å²) in [4.78, 5) is 31.8. The van der Waals surface area contributed by atoms with Gasteiger partial charge in [0, 0.05) is 0 Å². The van der Waals surface area contributed by atoms with Crippen LogP contribution in [0.5, 0.6) is 17.2 Å². The fourth-order valence-corrected chi connectivity index (χ4v) is 5.16. The molecule has 9 heteroatoms. The Morgan fingerprint density at radius 1 is 1.06 bits per heavy atom. The molecule has 0 fully saturated rings. The molecule has 0 aliphatic carbocycles. The van der Waals surface area contributed by atoms with Crippen molar-refractivity contribution in [1.29, 1.82) is 0 Å². The Morgan fingerprint density at radius 3 is 2.42 bits per heavy atom. The average molecular weight is 509 g/mol. The SMILES string of the molecule is CCOC(=O)C1=C(C)N=c2s/c(=C\c3ccc(OC)c(OC)c3)c(=O)n2[C@H]1c1ccc(OCC)cc1. The van der Waals surface area contributed by atoms with E-state index in [0.29, 0.717) is 44.5 Å². The second kappa shape index (κ2) is 10.8. The summed E-state index contributed by atoms with van der Waals surface area (Å²) in [7, 11) is 3.13. The first-order valence-corrected chi connectivity index (χ1v) is 12.4. The van der Waals surface area contributed by atoms with E-state index in [9.17, 15) is 9.59 Å². The summed E-state index contributed by atoms with van der Waals surface area (Å²) in [5, 5.41) is 0. The molecule has 0 saturated heterocycles. The van der Waals surface area contributed by atoms with Crippen LogP contribution in [-0.2, 0) is 9.53 Å². The highest BCUT2D eigenvalue weighted by molar-refractivity contribution is 7.07. The Kier molecular flexibility index (Phi) is 7.59. The molecule has 2 aromatic carbocycles. The smallest absolute Gasteiger partial charge is 0.338 e. The summed E-state index contributed by atoms with van der Waals surface area (Å²) in [6, 6.07) is 12.1. The lowest BCUT2D eigenvalue weighted by atomic mass is 9.96. The lowest BCUT2D eigenvalue weighted by molar-refractivity contribution is -0.139. The largest absolute Gasteiger partial charge is 0.494 e. The van der Waals surface area contributed by atoms with E-state index in [1.165, 1.54) is 11.3 Å². The van der Waals surface area contributed by atoms with Gasteiger partial charge in [0.1, 0.15) is 5.75 Å². The molecule has 0 amide bonds. The maximum Gasteiger partial charge on any atom is 0.338 e. The standard InChI is InChI=1S/C27H28N2O6S/c1-6-34-19-11-9-18(10-12-19)24-23(26(31)35-7-2)16(3)28-27-29(24)25(30)22(36-27)15-17-8-13-20(32-4)21(14-17)33-5/h8-15,24H,6-7H2,1-5H3/b22-15-/t24-/m0/s1. The Morgan fingerprint density at radius 2 is 1.78 bits per heavy atom. The second-order valence-electron chi connectivity index (χ2n) is 7.92. The van der Waals surface area contributed by atoms with Crippen molar-refractivity contribution in [2.45, 2.75) is 26.8 Å². The van der Waals surface area contributed by atoms with E-state index in [1.807, 2.05) is 37.3 Å². The first kappa shape index (κ1) is 25.2. The topological polar surface area (TPSA) is 88.4 Å². The van der Waals surface area contributed by atoms with Crippen LogP contribution in [0.2, 0.25) is 0 Å². The minimum absolute atomic E-state index is 0.218. The molecule has 0 saturated carbocycles. The van der Waals surface area contributed by atoms with Gasteiger partial charge >= 0.3 is 5.97 Å². The first-order chi connectivity index (χ1) is 17.4. The normalized spacial score (nSPS) is 15.2. The number of methoxy groups -OCH3 is 2. The minimum atomic E-state index is -0.677. The molecule has 1 atom stereocenters. The van der Waals surface area contributed by atoms with Gasteiger partial charge < -0.3 is 18.9 Å². The monoisotopic (exact) mass is 508 g/mol. The van der Waals surface area contributed by atoms with Crippen LogP contribution in [0.3, 0.4) is 0 Å². The molecule has 0 bridgehead atoms. The van der Waals surface area contributed by atoms with Crippen LogP contribution in [0, 0.1) is 0 Å². The third-order valence-electron chi connectivity index (χ3n) is 5.73. The van der Waals surface area contributed by atoms with Gasteiger partial charge in [0.25, 0.3) is 5.56 Å². The van der Waals surface area contributed by atoms with Crippen molar-refractivity contribution in [3.8, 4) is 17.2 Å². The zero-order chi connectivity index (χ0) is 25.8. The highest BCUT2D eigenvalue weighted by atomic mass is 32.1. The number of hydrogen-bond acceptors (Lipinski definition) is 8. The fraction of sp³-hybridized carbons (Fsp3) is 0.296. The molecule has 0 N–H and O–H groups in total. The molecule has 1 aliphatic rings. The van der Waals surface area contributed by atoms with Crippen LogP contribution in [0.4, 0.5) is 0 Å². The summed E-state index contributed by atoms with van der Waals surface area (Å²) in [6.07, 6.45) is 1.78. The number of fused-ring (bicyclic) bond motifs is 1. The van der Waals surface area contributed by atoms with Crippen LogP contribution < -0.4 is 29.1 Å². The number of thiazole rings is 1. The molecule has 0 unspecified atom stereocenters. The molecule has 188 valence electrons. The van der Waals surface area contributed by atoms with Crippen molar-refractivity contribution in [3.63, 3.8) is 0 Å². The summed E-state index contributed by atoms with van der Waals surface area (Å²) < 4.78 is 23.7. The number of ether oxygens (including phenoxy) is 4. The summed E-state index contributed by atoms with van der Waals surface area (Å²) >= 11 is 1.27. The van der Waals surface area contributed by atoms with Crippen LogP contribution in [0.1, 0.15) is 37.9 Å². The Hall–Kier alpha value is -3.85. The number of carbonyl (C=O) groups is 1. The van der Waals surface area contributed by atoms with Gasteiger partial charge in [0.05, 0.1) is 49.3 Å². The number of esters is 1. The number of carbonyl (C=O) groups excluding carboxylic acids is 1. The molecular weight excluding hydrogens is 480 g/mol. The molecule has 1 aliphatic heterocycles. The number of benzene rings is 2. The predicted octanol–water partition coefficient (Wildman–Crippen LogP) is 3.21. The van der Waals surface area contributed by atoms with E-state index >= 15 is 0 Å². The maximum atomic E-state index is 13.7. The Bertz CT molecular complexity index is 1480. The first-order valence-electron chi connectivity index (χ1n) is 11.6. The van der Waals surface area contributed by atoms with Gasteiger partial charge in [0.15, 0.2) is 16.3 Å². The highest BCUT2D eigenvalue weighted by Crippen LogP contribution is 2.32. The molecule has 3 aromatic rings. The molecular formula is C27H28N2O6S. The van der Waals surface area contributed by atoms with Gasteiger partial charge in [-0.25, -0.2) is 9.79 Å². The summed E-state index contributed by atoms with van der Waals surface area (Å²) in [6.45, 7) is 6.18. The number of hydrogen-bond donors (Lipinski definition) is 0. The van der Waals surface area contributed by atoms with Crippen molar-refractivity contribution < 1.29 is 23.7 Å². The van der Waals surface area contributed by atoms with Crippen molar-refractivity contribution in [1.82, 2.24) is 4.57 Å². The van der Waals surface area contributed by atoms with Gasteiger partial charge in [-0.05, 0) is 62.2 Å². The molecule has 1 aromatic heterocycles. The van der Waals surface area contributed by atoms with Gasteiger partial charge in [-0.3, -0.25) is 9.36 Å². The van der Waals surface area contributed by atoms with E-state index in [4.69, 9.17) is 18.9 Å². The summed E-state index contributed by atoms with van der Waals surface area (Å²) in [5.41, 5.74) is 2.14. The number of aromatic nitrogens is 1. The van der Waals surface area contributed by atoms with E-state index in [0.717, 1.165) is 11.1 Å². The van der Waals surface area contributed by atoms with Crippen molar-refractivity contribution in [3.05, 3.63) is 84.5 Å². The number of nitrogens with zero attached hydrogens (tertiary/aromatic N) is 2. The molecule has 36 heavy (non-hydrogen) atoms. The van der Waals surface area contributed by atoms with Crippen molar-refractivity contribution >= 4 is 23.4 Å². The third kappa shape index (κ3) is 4.79. The van der Waals surface area contributed by atoms with Crippen molar-refractivity contribution in [2.75, 3.05) is 27.4 Å². The zero-order valence-corrected chi connectivity index (χ0v) is 21.7. The van der Waals surface area contributed by atoms with Gasteiger partial charge in [0.2, 0.25) is 0 Å². The zero-order valence-electron chi connectivity index (χ0n) is 20.9. The number of rotatable bonds is 8. The lowest BCUT2D eigenvalue weighted by Gasteiger charge is -2.24. The molecule has 8 nitrogen and oxygen atoms in total. The van der Waals surface area contributed by atoms with Gasteiger partial charge in [-0.1, -0.05) is 29.5 Å². The van der Waals surface area contributed by atoms with E-state index in [1.54, 1.807) is 50.8 Å². The molecule has 4 rings (SSSR count). The van der Waals surface area contributed by atoms with E-state index in [2.05, 4.69) is 4.99 Å². The molecule has 0 spiro atoms. The Balaban J connectivity index is 1.89. The van der Waals surface area contributed by atoms with E-state index in [-0.39, 0.29) is 12.2 Å². The quantitative estimate of drug-likeness (QED) is 0.434. The van der Waals surface area contributed by atoms with Crippen LogP contribution >= 0.6 is 11.3 Å². The third-order valence-corrected chi connectivity index (χ3v) is 6.71. The minimum Gasteiger partial charge on any atom is -0.494 e. The average Bonchev–Trinajstić information content (AvgIpc) is 3.18. The predicted molar refractivity (Wildman–Crippen MR) is 138 cm³/mol. The fourth-order valence-electron chi connectivity index (χ4n) is 4.11. The van der Waals surface area contributed by atoms with Crippen molar-refractivity contribution in [2.24, 2.45) is 4.99 Å². The highest BCUT2D eigenvalue weighted by Gasteiger charge is 2.33. The lowest BCUT2D eigenvalue weighted by Crippen LogP contribution is -2.39. The van der Waals surface area contributed by atoms with E-state index < -0.39 is 12.0 Å². The van der Waals surface area contributed by atoms with Crippen LogP contribution in [0.25, 0.3) is 6.08 Å². The molecule has 0 radical (unpaired) electrons.